The van der Waals surface area contributed by atoms with Crippen molar-refractivity contribution in [1.82, 2.24) is 5.32 Å². The van der Waals surface area contributed by atoms with Gasteiger partial charge in [-0.3, -0.25) is 0 Å². The minimum Gasteiger partial charge on any atom is -0.497 e. The zero-order valence-corrected chi connectivity index (χ0v) is 14.1. The lowest BCUT2D eigenvalue weighted by Crippen LogP contribution is -2.35. The first-order chi connectivity index (χ1) is 9.67. The highest BCUT2D eigenvalue weighted by atomic mass is 79.9. The molecule has 1 aromatic carbocycles. The molecule has 0 spiro atoms. The third-order valence-electron chi connectivity index (χ3n) is 3.93. The van der Waals surface area contributed by atoms with Crippen molar-refractivity contribution in [1.29, 1.82) is 0 Å². The highest BCUT2D eigenvalue weighted by molar-refractivity contribution is 9.10. The maximum atomic E-state index is 5.98. The molecular formula is C16H24BrNO2. The maximum absolute atomic E-state index is 5.98. The number of nitrogens with one attached hydrogen (secondary N) is 1. The van der Waals surface area contributed by atoms with Crippen molar-refractivity contribution in [3.8, 4) is 5.75 Å². The predicted octanol–water partition coefficient (Wildman–Crippen LogP) is 3.92. The van der Waals surface area contributed by atoms with Crippen molar-refractivity contribution >= 4 is 15.9 Å². The molecule has 1 aromatic rings. The average Bonchev–Trinajstić information content (AvgIpc) is 2.87. The molecule has 1 aliphatic heterocycles. The second-order valence-electron chi connectivity index (χ2n) is 5.42. The number of halogens is 1. The largest absolute Gasteiger partial charge is 0.497 e. The molecule has 20 heavy (non-hydrogen) atoms. The van der Waals surface area contributed by atoms with Gasteiger partial charge in [0.1, 0.15) is 5.75 Å². The number of methoxy groups -OCH3 is 1. The van der Waals surface area contributed by atoms with Gasteiger partial charge in [0.25, 0.3) is 0 Å². The van der Waals surface area contributed by atoms with E-state index in [1.807, 2.05) is 12.1 Å². The van der Waals surface area contributed by atoms with Crippen molar-refractivity contribution in [3.63, 3.8) is 0 Å². The molecule has 2 rings (SSSR count). The van der Waals surface area contributed by atoms with Gasteiger partial charge in [-0.15, -0.1) is 0 Å². The van der Waals surface area contributed by atoms with E-state index in [1.165, 1.54) is 5.56 Å². The molecule has 3 atom stereocenters. The maximum Gasteiger partial charge on any atom is 0.120 e. The molecule has 1 heterocycles. The smallest absolute Gasteiger partial charge is 0.120 e. The summed E-state index contributed by atoms with van der Waals surface area (Å²) in [5.41, 5.74) is 1.25. The topological polar surface area (TPSA) is 30.5 Å². The van der Waals surface area contributed by atoms with Crippen molar-refractivity contribution in [2.75, 3.05) is 20.3 Å². The van der Waals surface area contributed by atoms with E-state index in [0.717, 1.165) is 36.2 Å². The summed E-state index contributed by atoms with van der Waals surface area (Å²) in [6.07, 6.45) is 2.50. The molecule has 0 amide bonds. The lowest BCUT2D eigenvalue weighted by atomic mass is 9.92. The predicted molar refractivity (Wildman–Crippen MR) is 85.2 cm³/mol. The van der Waals surface area contributed by atoms with Gasteiger partial charge in [0, 0.05) is 11.1 Å². The van der Waals surface area contributed by atoms with Gasteiger partial charge in [-0.2, -0.15) is 0 Å². The third kappa shape index (κ3) is 3.54. The third-order valence-corrected chi connectivity index (χ3v) is 4.62. The fourth-order valence-electron chi connectivity index (χ4n) is 2.73. The van der Waals surface area contributed by atoms with Crippen LogP contribution in [0.2, 0.25) is 0 Å². The number of rotatable bonds is 6. The first-order valence-electron chi connectivity index (χ1n) is 7.35. The molecule has 4 heteroatoms. The van der Waals surface area contributed by atoms with Crippen LogP contribution in [0.3, 0.4) is 0 Å². The lowest BCUT2D eigenvalue weighted by Gasteiger charge is -2.28. The van der Waals surface area contributed by atoms with Crippen LogP contribution in [0.5, 0.6) is 5.75 Å². The molecule has 1 fully saturated rings. The molecule has 0 aliphatic carbocycles. The van der Waals surface area contributed by atoms with E-state index >= 15 is 0 Å². The Balaban J connectivity index is 2.25. The summed E-state index contributed by atoms with van der Waals surface area (Å²) >= 11 is 3.67. The van der Waals surface area contributed by atoms with Crippen molar-refractivity contribution in [2.45, 2.75) is 38.8 Å². The molecular weight excluding hydrogens is 318 g/mol. The number of hydrogen-bond donors (Lipinski definition) is 1. The lowest BCUT2D eigenvalue weighted by molar-refractivity contribution is 0.0605. The van der Waals surface area contributed by atoms with Gasteiger partial charge < -0.3 is 14.8 Å². The van der Waals surface area contributed by atoms with Crippen LogP contribution in [0.4, 0.5) is 0 Å². The monoisotopic (exact) mass is 341 g/mol. The molecule has 0 saturated carbocycles. The molecule has 0 radical (unpaired) electrons. The molecule has 3 unspecified atom stereocenters. The minimum absolute atomic E-state index is 0.229. The van der Waals surface area contributed by atoms with Gasteiger partial charge in [-0.05, 0) is 43.0 Å². The number of benzene rings is 1. The number of hydrogen-bond acceptors (Lipinski definition) is 3. The van der Waals surface area contributed by atoms with E-state index in [0.29, 0.717) is 5.92 Å². The van der Waals surface area contributed by atoms with Crippen LogP contribution in [0, 0.1) is 5.92 Å². The summed E-state index contributed by atoms with van der Waals surface area (Å²) in [5, 5.41) is 3.64. The fraction of sp³-hybridized carbons (Fsp3) is 0.625. The molecule has 1 saturated heterocycles. The molecule has 1 N–H and O–H groups in total. The van der Waals surface area contributed by atoms with Crippen LogP contribution in [-0.4, -0.2) is 26.4 Å². The minimum atomic E-state index is 0.229. The van der Waals surface area contributed by atoms with Crippen molar-refractivity contribution in [3.05, 3.63) is 28.2 Å². The van der Waals surface area contributed by atoms with Crippen LogP contribution in [0.15, 0.2) is 22.7 Å². The highest BCUT2D eigenvalue weighted by Gasteiger charge is 2.33. The Morgan fingerprint density at radius 3 is 2.85 bits per heavy atom. The standard InChI is InChI=1S/C16H24BrNO2/c1-4-8-18-15(16-11(2)7-9-20-16)13-6-5-12(19-3)10-14(13)17/h5-6,10-11,15-16,18H,4,7-9H2,1-3H3. The molecule has 1 aliphatic rings. The van der Waals surface area contributed by atoms with Crippen LogP contribution in [0.1, 0.15) is 38.3 Å². The van der Waals surface area contributed by atoms with E-state index in [4.69, 9.17) is 9.47 Å². The van der Waals surface area contributed by atoms with Crippen LogP contribution < -0.4 is 10.1 Å². The average molecular weight is 342 g/mol. The Hall–Kier alpha value is -0.580. The van der Waals surface area contributed by atoms with Gasteiger partial charge in [-0.25, -0.2) is 0 Å². The summed E-state index contributed by atoms with van der Waals surface area (Å²) < 4.78 is 12.3. The Morgan fingerprint density at radius 2 is 2.30 bits per heavy atom. The van der Waals surface area contributed by atoms with Gasteiger partial charge in [0.05, 0.1) is 19.3 Å². The fourth-order valence-corrected chi connectivity index (χ4v) is 3.34. The summed E-state index contributed by atoms with van der Waals surface area (Å²) in [6.45, 7) is 6.32. The normalized spacial score (nSPS) is 23.8. The summed E-state index contributed by atoms with van der Waals surface area (Å²) in [4.78, 5) is 0. The van der Waals surface area contributed by atoms with Gasteiger partial charge in [0.2, 0.25) is 0 Å². The Bertz CT molecular complexity index is 438. The quantitative estimate of drug-likeness (QED) is 0.850. The first kappa shape index (κ1) is 15.8. The Kier molecular flexibility index (Phi) is 5.87. The van der Waals surface area contributed by atoms with E-state index < -0.39 is 0 Å². The van der Waals surface area contributed by atoms with Gasteiger partial charge in [0.15, 0.2) is 0 Å². The van der Waals surface area contributed by atoms with Gasteiger partial charge >= 0.3 is 0 Å². The molecule has 0 aromatic heterocycles. The highest BCUT2D eigenvalue weighted by Crippen LogP contribution is 2.36. The summed E-state index contributed by atoms with van der Waals surface area (Å²) in [5.74, 6) is 1.45. The van der Waals surface area contributed by atoms with Crippen molar-refractivity contribution < 1.29 is 9.47 Å². The zero-order chi connectivity index (χ0) is 14.5. The van der Waals surface area contributed by atoms with E-state index in [9.17, 15) is 0 Å². The SMILES string of the molecule is CCCNC(c1ccc(OC)cc1Br)C1OCCC1C. The van der Waals surface area contributed by atoms with Crippen LogP contribution in [0.25, 0.3) is 0 Å². The number of ether oxygens (including phenoxy) is 2. The Labute approximate surface area is 130 Å². The molecule has 3 nitrogen and oxygen atoms in total. The zero-order valence-electron chi connectivity index (χ0n) is 12.5. The summed E-state index contributed by atoms with van der Waals surface area (Å²) in [6, 6.07) is 6.40. The second-order valence-corrected chi connectivity index (χ2v) is 6.27. The van der Waals surface area contributed by atoms with Crippen molar-refractivity contribution in [2.24, 2.45) is 5.92 Å². The molecule has 112 valence electrons. The van der Waals surface area contributed by atoms with Crippen LogP contribution >= 0.6 is 15.9 Å². The summed E-state index contributed by atoms with van der Waals surface area (Å²) in [7, 11) is 1.69. The molecule has 0 bridgehead atoms. The second kappa shape index (κ2) is 7.43. The Morgan fingerprint density at radius 1 is 1.50 bits per heavy atom. The van der Waals surface area contributed by atoms with E-state index in [2.05, 4.69) is 41.2 Å². The van der Waals surface area contributed by atoms with Gasteiger partial charge in [-0.1, -0.05) is 35.8 Å². The van der Waals surface area contributed by atoms with E-state index in [1.54, 1.807) is 7.11 Å². The van der Waals surface area contributed by atoms with E-state index in [-0.39, 0.29) is 12.1 Å². The van der Waals surface area contributed by atoms with Crippen LogP contribution in [-0.2, 0) is 4.74 Å². The first-order valence-corrected chi connectivity index (χ1v) is 8.15.